The van der Waals surface area contributed by atoms with Crippen LogP contribution in [0.25, 0.3) is 0 Å². The van der Waals surface area contributed by atoms with Crippen LogP contribution in [0.5, 0.6) is 0 Å². The van der Waals surface area contributed by atoms with Crippen LogP contribution in [0.1, 0.15) is 0 Å². The van der Waals surface area contributed by atoms with Crippen molar-refractivity contribution in [1.82, 2.24) is 0 Å². The third kappa shape index (κ3) is 3910. The quantitative estimate of drug-likeness (QED) is 0.174. The van der Waals surface area contributed by atoms with Gasteiger partial charge in [-0.15, -0.1) is 0 Å². The second-order valence-electron chi connectivity index (χ2n) is 1.22. The van der Waals surface area contributed by atoms with Crippen molar-refractivity contribution < 1.29 is 111 Å². The summed E-state index contributed by atoms with van der Waals surface area (Å²) in [4.78, 5) is 0. The normalized spacial score (nSPS) is 9.16. The summed E-state index contributed by atoms with van der Waals surface area (Å²) in [5, 5.41) is 0. The molecular weight excluding hydrogens is 492 g/mol. The second kappa shape index (κ2) is 17.3. The van der Waals surface area contributed by atoms with E-state index in [4.69, 9.17) is 52.6 Å². The Hall–Kier alpha value is 1.21. The summed E-state index contributed by atoms with van der Waals surface area (Å²) in [6, 6.07) is 0. The Morgan fingerprint density at radius 1 is 0.526 bits per heavy atom. The monoisotopic (exact) mass is 491 g/mol. The predicted molar refractivity (Wildman–Crippen MR) is 35.0 cm³/mol. The molecule has 13 nitrogen and oxygen atoms in total. The first-order chi connectivity index (χ1) is 6.00. The maximum absolute atomic E-state index is 8.52. The van der Waals surface area contributed by atoms with Gasteiger partial charge in [0.05, 0.1) is 0 Å². The van der Waals surface area contributed by atoms with Gasteiger partial charge in [-0.05, 0) is 0 Å². The van der Waals surface area contributed by atoms with E-state index in [2.05, 4.69) is 0 Å². The molecule has 121 valence electrons. The molecule has 19 heavy (non-hydrogen) atoms. The van der Waals surface area contributed by atoms with E-state index < -0.39 is 31.2 Å². The zero-order valence-corrected chi connectivity index (χ0v) is 15.3. The molecule has 19 heteroatoms. The molecule has 0 saturated carbocycles. The molecule has 0 unspecified atom stereocenters. The summed E-state index contributed by atoms with van der Waals surface area (Å²) in [5.74, 6) is 0. The van der Waals surface area contributed by atoms with Crippen molar-refractivity contribution in [2.75, 3.05) is 0 Å². The maximum atomic E-state index is 8.52. The molecule has 0 spiro atoms. The fourth-order valence-corrected chi connectivity index (χ4v) is 0. The first kappa shape index (κ1) is 42.7. The van der Waals surface area contributed by atoms with Crippen molar-refractivity contribution in [3.05, 3.63) is 0 Å². The third-order valence-electron chi connectivity index (χ3n) is 0. The standard InChI is InChI=1S/Cu.Ni.3H2O4S.H2O.Zn/c;;3*1-5(2,3)4;;/h;;3*(H2,1,2,3,4);1H2;/q2*+2;;;;;+2/p-6. The van der Waals surface area contributed by atoms with E-state index in [1.165, 1.54) is 0 Å². The fourth-order valence-electron chi connectivity index (χ4n) is 0. The van der Waals surface area contributed by atoms with Crippen LogP contribution in [-0.2, 0) is 84.2 Å². The summed E-state index contributed by atoms with van der Waals surface area (Å²) < 4.78 is 102. The van der Waals surface area contributed by atoms with Gasteiger partial charge in [-0.1, -0.05) is 0 Å². The van der Waals surface area contributed by atoms with Gasteiger partial charge >= 0.3 is 53.0 Å². The number of rotatable bonds is 0. The summed E-state index contributed by atoms with van der Waals surface area (Å²) in [5.41, 5.74) is 0. The van der Waals surface area contributed by atoms with E-state index in [0.717, 1.165) is 0 Å². The molecule has 0 aliphatic heterocycles. The minimum atomic E-state index is -5.17. The van der Waals surface area contributed by atoms with Gasteiger partial charge in [-0.3, -0.25) is 25.3 Å². The van der Waals surface area contributed by atoms with E-state index in [9.17, 15) is 0 Å². The third-order valence-corrected chi connectivity index (χ3v) is 0. The van der Waals surface area contributed by atoms with E-state index in [-0.39, 0.29) is 58.5 Å². The van der Waals surface area contributed by atoms with Gasteiger partial charge in [0, 0.05) is 31.2 Å². The van der Waals surface area contributed by atoms with Gasteiger partial charge in [0.2, 0.25) is 0 Å². The van der Waals surface area contributed by atoms with Gasteiger partial charge in [0.1, 0.15) is 0 Å². The van der Waals surface area contributed by atoms with Crippen LogP contribution in [0.4, 0.5) is 0 Å². The van der Waals surface area contributed by atoms with Crippen LogP contribution < -0.4 is 0 Å². The Morgan fingerprint density at radius 3 is 0.526 bits per heavy atom. The fraction of sp³-hybridized carbons (Fsp3) is 0. The van der Waals surface area contributed by atoms with Crippen molar-refractivity contribution in [3.63, 3.8) is 0 Å². The largest absolute Gasteiger partial charge is 2.00 e. The van der Waals surface area contributed by atoms with Crippen LogP contribution in [0.15, 0.2) is 0 Å². The minimum Gasteiger partial charge on any atom is -0.759 e. The Labute approximate surface area is 141 Å². The van der Waals surface area contributed by atoms with Gasteiger partial charge in [-0.25, -0.2) is 0 Å². The predicted octanol–water partition coefficient (Wildman–Crippen LogP) is -4.85. The molecule has 0 aromatic carbocycles. The summed E-state index contributed by atoms with van der Waals surface area (Å²) in [6.07, 6.45) is 0. The molecule has 0 heterocycles. The zero-order chi connectivity index (χ0) is 13.5. The Morgan fingerprint density at radius 2 is 0.526 bits per heavy atom. The van der Waals surface area contributed by atoms with E-state index in [0.29, 0.717) is 0 Å². The average Bonchev–Trinajstić information content (AvgIpc) is 1.41. The summed E-state index contributed by atoms with van der Waals surface area (Å²) in [7, 11) is -15.5. The smallest absolute Gasteiger partial charge is 0.759 e. The molecule has 0 bridgehead atoms. The zero-order valence-electron chi connectivity index (χ0n) is 7.95. The van der Waals surface area contributed by atoms with Crippen molar-refractivity contribution >= 4 is 31.2 Å². The van der Waals surface area contributed by atoms with Crippen molar-refractivity contribution in [2.24, 2.45) is 0 Å². The topological polar surface area (TPSA) is 272 Å². The minimum absolute atomic E-state index is 0. The molecule has 0 atom stereocenters. The van der Waals surface area contributed by atoms with Crippen LogP contribution in [0.2, 0.25) is 0 Å². The molecule has 0 aromatic rings. The molecule has 0 saturated heterocycles. The van der Waals surface area contributed by atoms with Gasteiger partial charge in [0.25, 0.3) is 0 Å². The first-order valence-corrected chi connectivity index (χ1v) is 6.00. The number of hydrogen-bond acceptors (Lipinski definition) is 12. The van der Waals surface area contributed by atoms with Crippen molar-refractivity contribution in [2.45, 2.75) is 0 Å². The van der Waals surface area contributed by atoms with Gasteiger partial charge in [0.15, 0.2) is 0 Å². The molecule has 0 rings (SSSR count). The van der Waals surface area contributed by atoms with Gasteiger partial charge in [-0.2, -0.15) is 0 Å². The van der Waals surface area contributed by atoms with Crippen LogP contribution in [0, 0.1) is 0 Å². The molecule has 2 N–H and O–H groups in total. The van der Waals surface area contributed by atoms with Crippen LogP contribution in [-0.4, -0.2) is 58.0 Å². The Balaban J connectivity index is -0.0000000206. The molecule has 0 aliphatic rings. The van der Waals surface area contributed by atoms with E-state index >= 15 is 0 Å². The number of hydrogen-bond donors (Lipinski definition) is 0. The van der Waals surface area contributed by atoms with E-state index in [1.807, 2.05) is 0 Å². The first-order valence-electron chi connectivity index (χ1n) is 2.00. The summed E-state index contributed by atoms with van der Waals surface area (Å²) in [6.45, 7) is 0. The maximum Gasteiger partial charge on any atom is 2.00 e. The summed E-state index contributed by atoms with van der Waals surface area (Å²) >= 11 is 0. The Kier molecular flexibility index (Phi) is 38.8. The Bertz CT molecular complexity index is 349. The van der Waals surface area contributed by atoms with Crippen LogP contribution >= 0.6 is 0 Å². The SMILES string of the molecule is O.O=S(=O)([O-])[O-].O=S(=O)([O-])[O-].O=S(=O)([O-])[O-].[Cu+2].[Ni+2].[Zn+2]. The molecule has 0 aromatic heterocycles. The van der Waals surface area contributed by atoms with Crippen molar-refractivity contribution in [1.29, 1.82) is 0 Å². The van der Waals surface area contributed by atoms with Gasteiger partial charge < -0.3 is 32.8 Å². The molecule has 0 amide bonds. The van der Waals surface area contributed by atoms with Crippen molar-refractivity contribution in [3.8, 4) is 0 Å². The average molecular weight is 494 g/mol. The second-order valence-corrected chi connectivity index (χ2v) is 3.67. The molecular formula is H2CuNiO13S3Zn. The van der Waals surface area contributed by atoms with Crippen LogP contribution in [0.3, 0.4) is 0 Å². The van der Waals surface area contributed by atoms with E-state index in [1.54, 1.807) is 0 Å². The molecule has 1 radical (unpaired) electrons. The molecule has 0 aliphatic carbocycles. The molecule has 0 fully saturated rings.